The third-order valence-corrected chi connectivity index (χ3v) is 4.67. The molecule has 1 aromatic carbocycles. The molecule has 7 heteroatoms. The number of nitrogens with one attached hydrogen (secondary N) is 2. The monoisotopic (exact) mass is 365 g/mol. The molecule has 1 saturated heterocycles. The zero-order valence-corrected chi connectivity index (χ0v) is 15.5. The Kier molecular flexibility index (Phi) is 6.06. The van der Waals surface area contributed by atoms with Gasteiger partial charge in [-0.3, -0.25) is 14.5 Å². The molecule has 1 aromatic rings. The number of halogens is 1. The van der Waals surface area contributed by atoms with Crippen molar-refractivity contribution in [2.45, 2.75) is 45.7 Å². The molecule has 1 atom stereocenters. The van der Waals surface area contributed by atoms with Crippen molar-refractivity contribution in [2.75, 3.05) is 6.54 Å². The molecule has 0 aromatic heterocycles. The van der Waals surface area contributed by atoms with Crippen LogP contribution in [0, 0.1) is 5.92 Å². The first kappa shape index (κ1) is 19.2. The molecule has 2 rings (SSSR count). The molecule has 4 amide bonds. The standard InChI is InChI=1S/C18H24ClN3O3/c1-12(2)8-9-18(3)16(24)22(17(25)21-18)11-15(23)20-10-13-6-4-5-7-14(13)19/h4-7,12H,8-11H2,1-3H3,(H,20,23)(H,21,25)/t18-/m1/s1. The first-order valence-electron chi connectivity index (χ1n) is 8.37. The first-order chi connectivity index (χ1) is 11.7. The molecule has 2 N–H and O–H groups in total. The van der Waals surface area contributed by atoms with Gasteiger partial charge in [-0.2, -0.15) is 0 Å². The summed E-state index contributed by atoms with van der Waals surface area (Å²) in [5, 5.41) is 5.95. The van der Waals surface area contributed by atoms with E-state index in [1.807, 2.05) is 6.07 Å². The Morgan fingerprint density at radius 2 is 2.00 bits per heavy atom. The fourth-order valence-corrected chi connectivity index (χ4v) is 2.88. The van der Waals surface area contributed by atoms with Crippen LogP contribution in [0.15, 0.2) is 24.3 Å². The van der Waals surface area contributed by atoms with Gasteiger partial charge in [-0.1, -0.05) is 43.6 Å². The number of amides is 4. The Balaban J connectivity index is 1.93. The summed E-state index contributed by atoms with van der Waals surface area (Å²) in [4.78, 5) is 37.8. The van der Waals surface area contributed by atoms with Gasteiger partial charge in [0.05, 0.1) is 0 Å². The van der Waals surface area contributed by atoms with Crippen molar-refractivity contribution in [3.05, 3.63) is 34.9 Å². The highest BCUT2D eigenvalue weighted by molar-refractivity contribution is 6.31. The van der Waals surface area contributed by atoms with Crippen LogP contribution in [0.2, 0.25) is 5.02 Å². The predicted molar refractivity (Wildman–Crippen MR) is 96.0 cm³/mol. The van der Waals surface area contributed by atoms with Crippen molar-refractivity contribution in [3.8, 4) is 0 Å². The number of benzene rings is 1. The van der Waals surface area contributed by atoms with Gasteiger partial charge >= 0.3 is 6.03 Å². The van der Waals surface area contributed by atoms with Crippen molar-refractivity contribution in [3.63, 3.8) is 0 Å². The Labute approximate surface area is 152 Å². The highest BCUT2D eigenvalue weighted by Gasteiger charge is 2.47. The molecule has 136 valence electrons. The van der Waals surface area contributed by atoms with Crippen LogP contribution in [0.25, 0.3) is 0 Å². The predicted octanol–water partition coefficient (Wildman–Crippen LogP) is 2.70. The SMILES string of the molecule is CC(C)CC[C@@]1(C)NC(=O)N(CC(=O)NCc2ccccc2Cl)C1=O. The molecule has 6 nitrogen and oxygen atoms in total. The minimum Gasteiger partial charge on any atom is -0.350 e. The molecule has 0 radical (unpaired) electrons. The van der Waals surface area contributed by atoms with Gasteiger partial charge in [0, 0.05) is 11.6 Å². The molecule has 0 saturated carbocycles. The summed E-state index contributed by atoms with van der Waals surface area (Å²) in [5.74, 6) is -0.336. The van der Waals surface area contributed by atoms with Crippen molar-refractivity contribution in [1.82, 2.24) is 15.5 Å². The van der Waals surface area contributed by atoms with Crippen LogP contribution in [-0.4, -0.2) is 34.8 Å². The first-order valence-corrected chi connectivity index (χ1v) is 8.75. The number of nitrogens with zero attached hydrogens (tertiary/aromatic N) is 1. The lowest BCUT2D eigenvalue weighted by Crippen LogP contribution is -2.45. The van der Waals surface area contributed by atoms with Crippen LogP contribution >= 0.6 is 11.6 Å². The lowest BCUT2D eigenvalue weighted by Gasteiger charge is -2.22. The lowest BCUT2D eigenvalue weighted by atomic mass is 9.92. The van der Waals surface area contributed by atoms with Gasteiger partial charge < -0.3 is 10.6 Å². The van der Waals surface area contributed by atoms with Crippen LogP contribution in [-0.2, 0) is 16.1 Å². The van der Waals surface area contributed by atoms with E-state index in [1.54, 1.807) is 25.1 Å². The van der Waals surface area contributed by atoms with Gasteiger partial charge in [-0.15, -0.1) is 0 Å². The van der Waals surface area contributed by atoms with Crippen LogP contribution < -0.4 is 10.6 Å². The summed E-state index contributed by atoms with van der Waals surface area (Å²) < 4.78 is 0. The average Bonchev–Trinajstić information content (AvgIpc) is 2.76. The second-order valence-corrected chi connectivity index (χ2v) is 7.36. The van der Waals surface area contributed by atoms with Crippen LogP contribution in [0.4, 0.5) is 4.79 Å². The van der Waals surface area contributed by atoms with Crippen molar-refractivity contribution in [2.24, 2.45) is 5.92 Å². The van der Waals surface area contributed by atoms with E-state index in [4.69, 9.17) is 11.6 Å². The Morgan fingerprint density at radius 1 is 1.32 bits per heavy atom. The summed E-state index contributed by atoms with van der Waals surface area (Å²) >= 11 is 6.04. The summed E-state index contributed by atoms with van der Waals surface area (Å²) in [6.45, 7) is 5.77. The Morgan fingerprint density at radius 3 is 2.64 bits per heavy atom. The number of urea groups is 1. The molecule has 0 bridgehead atoms. The summed E-state index contributed by atoms with van der Waals surface area (Å²) in [5.41, 5.74) is -0.166. The van der Waals surface area contributed by atoms with Crippen molar-refractivity contribution < 1.29 is 14.4 Å². The Bertz CT molecular complexity index is 677. The smallest absolute Gasteiger partial charge is 0.325 e. The minimum absolute atomic E-state index is 0.243. The zero-order chi connectivity index (χ0) is 18.6. The number of hydrogen-bond acceptors (Lipinski definition) is 3. The van der Waals surface area contributed by atoms with Crippen LogP contribution in [0.1, 0.15) is 39.2 Å². The second-order valence-electron chi connectivity index (χ2n) is 6.95. The molecule has 25 heavy (non-hydrogen) atoms. The molecule has 0 spiro atoms. The molecule has 1 heterocycles. The second kappa shape index (κ2) is 7.87. The maximum absolute atomic E-state index is 12.6. The van der Waals surface area contributed by atoms with Crippen LogP contribution in [0.3, 0.4) is 0 Å². The Hall–Kier alpha value is -2.08. The molecule has 1 aliphatic heterocycles. The average molecular weight is 366 g/mol. The van der Waals surface area contributed by atoms with E-state index in [-0.39, 0.29) is 19.0 Å². The molecule has 1 fully saturated rings. The highest BCUT2D eigenvalue weighted by Crippen LogP contribution is 2.24. The molecule has 1 aliphatic rings. The fourth-order valence-electron chi connectivity index (χ4n) is 2.67. The molecule has 0 aliphatic carbocycles. The number of rotatable bonds is 7. The number of imide groups is 1. The maximum Gasteiger partial charge on any atom is 0.325 e. The molecule has 0 unspecified atom stereocenters. The summed E-state index contributed by atoms with van der Waals surface area (Å²) in [7, 11) is 0. The van der Waals surface area contributed by atoms with Gasteiger partial charge in [-0.25, -0.2) is 4.79 Å². The van der Waals surface area contributed by atoms with Gasteiger partial charge in [-0.05, 0) is 37.3 Å². The largest absolute Gasteiger partial charge is 0.350 e. The number of carbonyl (C=O) groups excluding carboxylic acids is 3. The van der Waals surface area contributed by atoms with Crippen LogP contribution in [0.5, 0.6) is 0 Å². The number of carbonyl (C=O) groups is 3. The fraction of sp³-hybridized carbons (Fsp3) is 0.500. The van der Waals surface area contributed by atoms with Gasteiger partial charge in [0.1, 0.15) is 12.1 Å². The quantitative estimate of drug-likeness (QED) is 0.729. The van der Waals surface area contributed by atoms with Gasteiger partial charge in [0.2, 0.25) is 5.91 Å². The van der Waals surface area contributed by atoms with Crippen molar-refractivity contribution in [1.29, 1.82) is 0 Å². The lowest BCUT2D eigenvalue weighted by molar-refractivity contribution is -0.134. The molecular formula is C18H24ClN3O3. The highest BCUT2D eigenvalue weighted by atomic mass is 35.5. The molecular weight excluding hydrogens is 342 g/mol. The summed E-state index contributed by atoms with van der Waals surface area (Å²) in [6, 6.07) is 6.65. The van der Waals surface area contributed by atoms with E-state index in [9.17, 15) is 14.4 Å². The van der Waals surface area contributed by atoms with Gasteiger partial charge in [0.15, 0.2) is 0 Å². The third kappa shape index (κ3) is 4.72. The maximum atomic E-state index is 12.6. The number of hydrogen-bond donors (Lipinski definition) is 2. The van der Waals surface area contributed by atoms with Crippen molar-refractivity contribution >= 4 is 29.4 Å². The third-order valence-electron chi connectivity index (χ3n) is 4.30. The zero-order valence-electron chi connectivity index (χ0n) is 14.8. The van der Waals surface area contributed by atoms with E-state index in [0.29, 0.717) is 17.4 Å². The summed E-state index contributed by atoms with van der Waals surface area (Å²) in [6.07, 6.45) is 1.36. The van der Waals surface area contributed by atoms with E-state index in [1.165, 1.54) is 0 Å². The minimum atomic E-state index is -0.940. The van der Waals surface area contributed by atoms with E-state index < -0.39 is 17.5 Å². The van der Waals surface area contributed by atoms with Gasteiger partial charge in [0.25, 0.3) is 5.91 Å². The van der Waals surface area contributed by atoms with E-state index >= 15 is 0 Å². The van der Waals surface area contributed by atoms with E-state index in [0.717, 1.165) is 16.9 Å². The normalized spacial score (nSPS) is 20.1. The van der Waals surface area contributed by atoms with E-state index in [2.05, 4.69) is 24.5 Å². The topological polar surface area (TPSA) is 78.5 Å².